The van der Waals surface area contributed by atoms with Crippen LogP contribution in [0, 0.1) is 19.8 Å². The van der Waals surface area contributed by atoms with Gasteiger partial charge in [-0.1, -0.05) is 92.6 Å². The maximum Gasteiger partial charge on any atom is 0.318 e. The Morgan fingerprint density at radius 3 is 2.43 bits per heavy atom. The Balaban J connectivity index is 1.86. The smallest absolute Gasteiger partial charge is 0.318 e. The third-order valence-corrected chi connectivity index (χ3v) is 6.98. The lowest BCUT2D eigenvalue weighted by atomic mass is 9.92. The van der Waals surface area contributed by atoms with Crippen LogP contribution in [0.1, 0.15) is 70.8 Å². The minimum Gasteiger partial charge on any atom is -0.483 e. The van der Waals surface area contributed by atoms with Gasteiger partial charge in [-0.15, -0.1) is 0 Å². The minimum absolute atomic E-state index is 0.0845. The van der Waals surface area contributed by atoms with Gasteiger partial charge in [-0.2, -0.15) is 0 Å². The van der Waals surface area contributed by atoms with Gasteiger partial charge in [-0.25, -0.2) is 4.79 Å². The van der Waals surface area contributed by atoms with Crippen molar-refractivity contribution in [1.82, 2.24) is 20.9 Å². The van der Waals surface area contributed by atoms with Crippen molar-refractivity contribution in [2.45, 2.75) is 77.5 Å². The van der Waals surface area contributed by atoms with E-state index in [9.17, 15) is 23.6 Å². The summed E-state index contributed by atoms with van der Waals surface area (Å²) in [7, 11) is 0. The van der Waals surface area contributed by atoms with E-state index in [4.69, 9.17) is 22.6 Å². The Morgan fingerprint density at radius 2 is 1.76 bits per heavy atom. The number of aryl methyl sites for hydroxylation is 2. The van der Waals surface area contributed by atoms with Gasteiger partial charge >= 0.3 is 6.03 Å². The van der Waals surface area contributed by atoms with E-state index in [1.165, 1.54) is 13.8 Å². The van der Waals surface area contributed by atoms with E-state index in [0.29, 0.717) is 16.7 Å². The second-order valence-corrected chi connectivity index (χ2v) is 10.9. The molecule has 1 aliphatic rings. The van der Waals surface area contributed by atoms with Gasteiger partial charge < -0.3 is 30.7 Å². The summed E-state index contributed by atoms with van der Waals surface area (Å²) in [6.07, 6.45) is -10.9. The first-order chi connectivity index (χ1) is 28.3. The van der Waals surface area contributed by atoms with Crippen LogP contribution in [0.25, 0.3) is 0 Å². The summed E-state index contributed by atoms with van der Waals surface area (Å²) in [5.74, 6) is -4.08. The average molecular weight is 645 g/mol. The number of carbonyl (C=O) groups excluding carboxylic acids is 3. The molecule has 246 valence electrons. The zero-order chi connectivity index (χ0) is 47.3. The molecule has 46 heavy (non-hydrogen) atoms. The molecule has 0 unspecified atom stereocenters. The van der Waals surface area contributed by atoms with Gasteiger partial charge in [0, 0.05) is 30.0 Å². The number of nitrogens with one attached hydrogen (secondary N) is 3. The molecule has 9 heteroatoms. The second-order valence-electron chi connectivity index (χ2n) is 10.9. The quantitative estimate of drug-likeness (QED) is 0.196. The monoisotopic (exact) mass is 644 g/mol. The highest BCUT2D eigenvalue weighted by molar-refractivity contribution is 5.87. The van der Waals surface area contributed by atoms with E-state index in [1.807, 2.05) is 5.32 Å². The topological polar surface area (TPSA) is 120 Å². The molecule has 1 aliphatic heterocycles. The lowest BCUT2D eigenvalue weighted by Gasteiger charge is -2.37. The number of ether oxygens (including phenoxy) is 1. The number of aliphatic hydroxyl groups excluding tert-OH is 1. The fourth-order valence-corrected chi connectivity index (χ4v) is 4.81. The number of hydrogen-bond donors (Lipinski definition) is 4. The third-order valence-electron chi connectivity index (χ3n) is 6.98. The van der Waals surface area contributed by atoms with Crippen LogP contribution in [0.5, 0.6) is 5.75 Å². The van der Waals surface area contributed by atoms with Crippen LogP contribution in [-0.2, 0) is 22.4 Å². The molecule has 3 aromatic carbocycles. The number of carbonyl (C=O) groups is 3. The Labute approximate surface area is 295 Å². The fraction of sp³-hybridized carbons (Fsp3) is 0.432. The molecule has 0 aliphatic carbocycles. The second kappa shape index (κ2) is 16.8. The van der Waals surface area contributed by atoms with Crippen molar-refractivity contribution in [3.05, 3.63) is 101 Å². The highest BCUT2D eigenvalue weighted by Crippen LogP contribution is 2.22. The van der Waals surface area contributed by atoms with Crippen LogP contribution in [0.15, 0.2) is 78.7 Å². The molecular formula is C37H48N4O5. The van der Waals surface area contributed by atoms with E-state index in [0.717, 1.165) is 0 Å². The maximum atomic E-state index is 14.3. The Kier molecular flexibility index (Phi) is 6.83. The summed E-state index contributed by atoms with van der Waals surface area (Å²) in [6.45, 7) is -4.19. The highest BCUT2D eigenvalue weighted by Gasteiger charge is 2.35. The average Bonchev–Trinajstić information content (AvgIpc) is 3.15. The molecule has 0 aromatic heterocycles. The molecule has 4 rings (SSSR count). The van der Waals surface area contributed by atoms with Gasteiger partial charge in [0.25, 0.3) is 5.91 Å². The molecule has 4 atom stereocenters. The predicted octanol–water partition coefficient (Wildman–Crippen LogP) is 4.33. The van der Waals surface area contributed by atoms with Crippen molar-refractivity contribution in [3.8, 4) is 5.75 Å². The van der Waals surface area contributed by atoms with Crippen molar-refractivity contribution in [3.63, 3.8) is 0 Å². The van der Waals surface area contributed by atoms with Crippen molar-refractivity contribution in [2.24, 2.45) is 5.92 Å². The normalized spacial score (nSPS) is 25.4. The van der Waals surface area contributed by atoms with E-state index < -0.39 is 122 Å². The zero-order valence-corrected chi connectivity index (χ0v) is 25.9. The van der Waals surface area contributed by atoms with Crippen LogP contribution in [-0.4, -0.2) is 71.6 Å². The Hall–Kier alpha value is -4.37. The SMILES string of the molecule is [2H]c1c([2H])c([2H])c(C([2H])([2H])[C@]([2H])(NC(=O)C([2H])([2H])Oc2c(C)cccc2C)[C@@H](O)C[C@H](Cc2ccccc2)NC(=O)[C@H](C(C)C)N2C(=O)NC([2H])([2H])C([2H])([2H])C2([2H])[2H])c([2H])c1[2H]. The molecule has 0 saturated carbocycles. The number of urea groups is 1. The van der Waals surface area contributed by atoms with Gasteiger partial charge in [0.15, 0.2) is 6.56 Å². The highest BCUT2D eigenvalue weighted by atomic mass is 16.5. The van der Waals surface area contributed by atoms with Gasteiger partial charge in [-0.05, 0) is 67.6 Å². The molecule has 0 radical (unpaired) electrons. The molecule has 9 nitrogen and oxygen atoms in total. The fourth-order valence-electron chi connectivity index (χ4n) is 4.81. The van der Waals surface area contributed by atoms with Gasteiger partial charge in [0.1, 0.15) is 11.8 Å². The summed E-state index contributed by atoms with van der Waals surface area (Å²) in [5, 5.41) is 18.3. The molecule has 1 fully saturated rings. The molecule has 1 heterocycles. The molecule has 3 aromatic rings. The lowest BCUT2D eigenvalue weighted by molar-refractivity contribution is -0.128. The first kappa shape index (κ1) is 18.7. The Bertz CT molecular complexity index is 2150. The van der Waals surface area contributed by atoms with Crippen molar-refractivity contribution < 1.29 is 46.2 Å². The number of hydrogen-bond acceptors (Lipinski definition) is 5. The molecule has 1 saturated heterocycles. The van der Waals surface area contributed by atoms with E-state index in [2.05, 4.69) is 5.32 Å². The number of benzene rings is 3. The summed E-state index contributed by atoms with van der Waals surface area (Å²) in [6, 6.07) is -0.919. The van der Waals surface area contributed by atoms with Crippen LogP contribution in [0.3, 0.4) is 0 Å². The van der Waals surface area contributed by atoms with Gasteiger partial charge in [0.05, 0.1) is 23.1 Å². The first-order valence-electron chi connectivity index (χ1n) is 22.6. The third kappa shape index (κ3) is 9.81. The molecule has 4 amide bonds. The standard InChI is InChI=1S/C37H48N4O5/c1-25(2)34(41-20-12-19-38-37(41)45)36(44)39-30(21-28-15-7-5-8-16-28)23-32(42)31(22-29-17-9-6-10-18-29)40-33(43)24-46-35-26(3)13-11-14-27(35)4/h5-11,13-18,25,30-32,34,42H,12,19-24H2,1-4H3,(H,38,45)(H,39,44)(H,40,43)/t30-,31-,32-,34-/m0/s1/i6D,9D,10D,12D2,17D,18D,19D2,20D2,22D2,24D2,31D. The first-order valence-corrected chi connectivity index (χ1v) is 14.6. The minimum atomic E-state index is -3.68. The summed E-state index contributed by atoms with van der Waals surface area (Å²) >= 11 is 0. The zero-order valence-electron chi connectivity index (χ0n) is 41.9. The largest absolute Gasteiger partial charge is 0.483 e. The van der Waals surface area contributed by atoms with Crippen LogP contribution < -0.4 is 20.7 Å². The lowest BCUT2D eigenvalue weighted by Crippen LogP contribution is -2.59. The molecule has 0 bridgehead atoms. The van der Waals surface area contributed by atoms with Gasteiger partial charge in [-0.3, -0.25) is 9.59 Å². The van der Waals surface area contributed by atoms with E-state index in [1.54, 1.807) is 67.7 Å². The van der Waals surface area contributed by atoms with Crippen LogP contribution in [0.4, 0.5) is 4.79 Å². The maximum absolute atomic E-state index is 14.3. The predicted molar refractivity (Wildman–Crippen MR) is 180 cm³/mol. The number of rotatable bonds is 15. The number of amides is 4. The summed E-state index contributed by atoms with van der Waals surface area (Å²) in [4.78, 5) is 41.7. The van der Waals surface area contributed by atoms with Crippen LogP contribution in [0.2, 0.25) is 0 Å². The van der Waals surface area contributed by atoms with Crippen molar-refractivity contribution in [2.75, 3.05) is 19.6 Å². The van der Waals surface area contributed by atoms with Crippen molar-refractivity contribution in [1.29, 1.82) is 0 Å². The number of aliphatic hydroxyl groups is 1. The summed E-state index contributed by atoms with van der Waals surface area (Å²) in [5.41, 5.74) is 0.0354. The van der Waals surface area contributed by atoms with Gasteiger partial charge in [0.2, 0.25) is 5.91 Å². The number of para-hydroxylation sites is 1. The summed E-state index contributed by atoms with van der Waals surface area (Å²) < 4.78 is 142. The molecule has 0 spiro atoms. The molecule has 4 N–H and O–H groups in total. The van der Waals surface area contributed by atoms with Crippen LogP contribution >= 0.6 is 0 Å². The molecular weight excluding hydrogens is 580 g/mol. The van der Waals surface area contributed by atoms with E-state index >= 15 is 0 Å². The Morgan fingerprint density at radius 1 is 1.07 bits per heavy atom. The number of nitrogens with zero attached hydrogens (tertiary/aromatic N) is 1. The van der Waals surface area contributed by atoms with Crippen molar-refractivity contribution >= 4 is 17.8 Å². The van der Waals surface area contributed by atoms with E-state index in [-0.39, 0.29) is 17.1 Å².